The molecule has 5 heteroatoms. The average molecular weight is 270 g/mol. The Labute approximate surface area is 115 Å². The van der Waals surface area contributed by atoms with Gasteiger partial charge in [-0.25, -0.2) is 0 Å². The summed E-state index contributed by atoms with van der Waals surface area (Å²) in [5, 5.41) is 21.4. The second kappa shape index (κ2) is 7.22. The summed E-state index contributed by atoms with van der Waals surface area (Å²) in [5.41, 5.74) is 0. The van der Waals surface area contributed by atoms with Crippen LogP contribution in [0.25, 0.3) is 0 Å². The second-order valence-corrected chi connectivity index (χ2v) is 6.01. The predicted octanol–water partition coefficient (Wildman–Crippen LogP) is 0.534. The first-order valence-electron chi connectivity index (χ1n) is 7.48. The zero-order valence-electron chi connectivity index (χ0n) is 11.6. The van der Waals surface area contributed by atoms with Crippen molar-refractivity contribution in [3.63, 3.8) is 0 Å². The number of likely N-dealkylation sites (tertiary alicyclic amines) is 1. The lowest BCUT2D eigenvalue weighted by atomic mass is 9.93. The molecule has 0 aromatic carbocycles. The van der Waals surface area contributed by atoms with E-state index in [-0.39, 0.29) is 18.6 Å². The van der Waals surface area contributed by atoms with Crippen molar-refractivity contribution in [1.82, 2.24) is 10.2 Å². The van der Waals surface area contributed by atoms with Gasteiger partial charge in [0.25, 0.3) is 0 Å². The molecule has 2 aliphatic rings. The molecular formula is C14H26N2O3. The van der Waals surface area contributed by atoms with E-state index < -0.39 is 5.97 Å². The molecule has 0 amide bonds. The van der Waals surface area contributed by atoms with Crippen LogP contribution in [0.5, 0.6) is 0 Å². The van der Waals surface area contributed by atoms with E-state index in [0.29, 0.717) is 19.5 Å². The van der Waals surface area contributed by atoms with Gasteiger partial charge in [-0.15, -0.1) is 0 Å². The third kappa shape index (κ3) is 4.44. The first kappa shape index (κ1) is 14.8. The predicted molar refractivity (Wildman–Crippen MR) is 73.0 cm³/mol. The van der Waals surface area contributed by atoms with Crippen LogP contribution in [0.4, 0.5) is 0 Å². The molecule has 1 saturated heterocycles. The first-order valence-corrected chi connectivity index (χ1v) is 7.48. The molecule has 2 rings (SSSR count). The van der Waals surface area contributed by atoms with Crippen molar-refractivity contribution >= 4 is 5.97 Å². The molecule has 0 aromatic heterocycles. The zero-order chi connectivity index (χ0) is 13.7. The van der Waals surface area contributed by atoms with Crippen molar-refractivity contribution in [2.75, 3.05) is 32.8 Å². The molecule has 2 atom stereocenters. The molecule has 2 unspecified atom stereocenters. The second-order valence-electron chi connectivity index (χ2n) is 6.01. The van der Waals surface area contributed by atoms with Gasteiger partial charge in [-0.1, -0.05) is 12.8 Å². The highest BCUT2D eigenvalue weighted by Crippen LogP contribution is 2.27. The molecule has 1 aliphatic carbocycles. The Bertz CT molecular complexity index is 292. The third-order valence-electron chi connectivity index (χ3n) is 4.41. The lowest BCUT2D eigenvalue weighted by molar-refractivity contribution is -0.144. The lowest BCUT2D eigenvalue weighted by Crippen LogP contribution is -2.52. The number of carboxylic acid groups (broad SMARTS) is 1. The number of nitrogens with one attached hydrogen (secondary N) is 1. The number of aliphatic carboxylic acids is 1. The number of carboxylic acids is 1. The Morgan fingerprint density at radius 3 is 2.63 bits per heavy atom. The maximum Gasteiger partial charge on any atom is 0.307 e. The third-order valence-corrected chi connectivity index (χ3v) is 4.41. The minimum absolute atomic E-state index is 0.108. The normalized spacial score (nSPS) is 29.7. The van der Waals surface area contributed by atoms with E-state index in [0.717, 1.165) is 19.0 Å². The fourth-order valence-electron chi connectivity index (χ4n) is 3.49. The Kier molecular flexibility index (Phi) is 5.60. The summed E-state index contributed by atoms with van der Waals surface area (Å²) in [4.78, 5) is 13.6. The number of carbonyl (C=O) groups is 1. The van der Waals surface area contributed by atoms with Crippen LogP contribution in [-0.2, 0) is 4.79 Å². The Morgan fingerprint density at radius 2 is 2.00 bits per heavy atom. The molecule has 1 aliphatic heterocycles. The highest BCUT2D eigenvalue weighted by molar-refractivity contribution is 5.70. The fourth-order valence-corrected chi connectivity index (χ4v) is 3.49. The smallest absolute Gasteiger partial charge is 0.307 e. The van der Waals surface area contributed by atoms with E-state index in [1.165, 1.54) is 25.7 Å². The monoisotopic (exact) mass is 270 g/mol. The van der Waals surface area contributed by atoms with Crippen molar-refractivity contribution < 1.29 is 15.0 Å². The summed E-state index contributed by atoms with van der Waals surface area (Å²) >= 11 is 0. The molecular weight excluding hydrogens is 244 g/mol. The van der Waals surface area contributed by atoms with Gasteiger partial charge < -0.3 is 20.4 Å². The average Bonchev–Trinajstić information content (AvgIpc) is 2.89. The minimum atomic E-state index is -0.688. The van der Waals surface area contributed by atoms with Gasteiger partial charge in [-0.05, 0) is 25.2 Å². The number of nitrogens with zero attached hydrogens (tertiary/aromatic N) is 1. The first-order chi connectivity index (χ1) is 9.19. The summed E-state index contributed by atoms with van der Waals surface area (Å²) < 4.78 is 0. The molecule has 3 N–H and O–H groups in total. The van der Waals surface area contributed by atoms with Gasteiger partial charge in [0, 0.05) is 32.2 Å². The van der Waals surface area contributed by atoms with Crippen LogP contribution in [0.2, 0.25) is 0 Å². The molecule has 110 valence electrons. The molecule has 5 nitrogen and oxygen atoms in total. The molecule has 0 aromatic rings. The van der Waals surface area contributed by atoms with E-state index in [2.05, 4.69) is 10.2 Å². The number of aliphatic hydroxyl groups excluding tert-OH is 1. The molecule has 19 heavy (non-hydrogen) atoms. The Hall–Kier alpha value is -0.650. The van der Waals surface area contributed by atoms with Gasteiger partial charge in [-0.3, -0.25) is 4.79 Å². The zero-order valence-corrected chi connectivity index (χ0v) is 11.6. The van der Waals surface area contributed by atoms with Gasteiger partial charge in [0.1, 0.15) is 0 Å². The Balaban J connectivity index is 1.87. The largest absolute Gasteiger partial charge is 0.481 e. The van der Waals surface area contributed by atoms with Crippen molar-refractivity contribution in [2.45, 2.75) is 38.1 Å². The maximum atomic E-state index is 11.3. The van der Waals surface area contributed by atoms with Crippen molar-refractivity contribution in [3.05, 3.63) is 0 Å². The van der Waals surface area contributed by atoms with Crippen LogP contribution in [0, 0.1) is 11.8 Å². The van der Waals surface area contributed by atoms with Gasteiger partial charge >= 0.3 is 5.97 Å². The summed E-state index contributed by atoms with van der Waals surface area (Å²) in [6.45, 7) is 3.30. The highest BCUT2D eigenvalue weighted by atomic mass is 16.4. The molecule has 0 bridgehead atoms. The minimum Gasteiger partial charge on any atom is -0.481 e. The van der Waals surface area contributed by atoms with E-state index in [9.17, 15) is 9.90 Å². The van der Waals surface area contributed by atoms with Gasteiger partial charge in [0.15, 0.2) is 0 Å². The Morgan fingerprint density at radius 1 is 1.26 bits per heavy atom. The van der Waals surface area contributed by atoms with E-state index in [1.807, 2.05) is 0 Å². The summed E-state index contributed by atoms with van der Waals surface area (Å²) in [6.07, 6.45) is 5.92. The van der Waals surface area contributed by atoms with Gasteiger partial charge in [0.2, 0.25) is 0 Å². The van der Waals surface area contributed by atoms with Crippen molar-refractivity contribution in [1.29, 1.82) is 0 Å². The number of aliphatic hydroxyl groups is 1. The van der Waals surface area contributed by atoms with Crippen LogP contribution in [0.3, 0.4) is 0 Å². The number of hydrogen-bond acceptors (Lipinski definition) is 4. The van der Waals surface area contributed by atoms with E-state index in [1.54, 1.807) is 0 Å². The topological polar surface area (TPSA) is 72.8 Å². The molecule has 2 fully saturated rings. The maximum absolute atomic E-state index is 11.3. The van der Waals surface area contributed by atoms with E-state index in [4.69, 9.17) is 5.11 Å². The van der Waals surface area contributed by atoms with Crippen LogP contribution in [-0.4, -0.2) is 59.9 Å². The SMILES string of the molecule is O=C(O)C1CC(NCCO)CN(CC2CCCC2)C1. The summed E-state index contributed by atoms with van der Waals surface area (Å²) in [6, 6.07) is 0.198. The van der Waals surface area contributed by atoms with Crippen LogP contribution in [0.15, 0.2) is 0 Å². The molecule has 0 radical (unpaired) electrons. The number of hydrogen-bond donors (Lipinski definition) is 3. The lowest BCUT2D eigenvalue weighted by Gasteiger charge is -2.37. The van der Waals surface area contributed by atoms with Crippen LogP contribution >= 0.6 is 0 Å². The molecule has 1 saturated carbocycles. The quantitative estimate of drug-likeness (QED) is 0.657. The summed E-state index contributed by atoms with van der Waals surface area (Å²) in [7, 11) is 0. The van der Waals surface area contributed by atoms with Crippen molar-refractivity contribution in [3.8, 4) is 0 Å². The standard InChI is InChI=1S/C14H26N2O3/c17-6-5-15-13-7-12(14(18)19)9-16(10-13)8-11-3-1-2-4-11/h11-13,15,17H,1-10H2,(H,18,19). The summed E-state index contributed by atoms with van der Waals surface area (Å²) in [5.74, 6) is -0.204. The van der Waals surface area contributed by atoms with Crippen LogP contribution < -0.4 is 5.32 Å². The van der Waals surface area contributed by atoms with Crippen LogP contribution in [0.1, 0.15) is 32.1 Å². The van der Waals surface area contributed by atoms with Gasteiger partial charge in [-0.2, -0.15) is 0 Å². The number of piperidine rings is 1. The fraction of sp³-hybridized carbons (Fsp3) is 0.929. The molecule has 1 heterocycles. The van der Waals surface area contributed by atoms with Crippen molar-refractivity contribution in [2.24, 2.45) is 11.8 Å². The van der Waals surface area contributed by atoms with E-state index >= 15 is 0 Å². The van der Waals surface area contributed by atoms with Gasteiger partial charge in [0.05, 0.1) is 12.5 Å². The highest BCUT2D eigenvalue weighted by Gasteiger charge is 2.32. The number of rotatable bonds is 6. The molecule has 0 spiro atoms.